The summed E-state index contributed by atoms with van der Waals surface area (Å²) in [5, 5.41) is 3.45. The van der Waals surface area contributed by atoms with E-state index in [0.29, 0.717) is 56.3 Å². The van der Waals surface area contributed by atoms with Crippen LogP contribution in [0.25, 0.3) is 5.57 Å². The third kappa shape index (κ3) is 8.91. The average molecular weight is 799 g/mol. The van der Waals surface area contributed by atoms with Crippen LogP contribution in [-0.4, -0.2) is 89.3 Å². The van der Waals surface area contributed by atoms with E-state index in [2.05, 4.69) is 62.5 Å². The number of carbonyl (C=O) groups excluding carboxylic acids is 2. The standard InChI is InChI=1S/C42H50Cl3N3O6/c1-26-10-11-27(2)38(28(26)3)53-20-18-29-12-14-30(15-13-29)35-22-32-24-46-25-36(48(32)40(50)54-41(4,5)42(43,44)45)37(35)39(49)47(31-16-17-31)19-21-52-34-9-7-8-33(23-34)51-6/h7-15,23,31-32,36,46H,16-22,24-25H2,1-6H3/t32?,36-/m1/s1. The second kappa shape index (κ2) is 16.6. The van der Waals surface area contributed by atoms with E-state index in [4.69, 9.17) is 53.8 Å². The van der Waals surface area contributed by atoms with Crippen molar-refractivity contribution in [1.29, 1.82) is 0 Å². The molecule has 1 unspecified atom stereocenters. The van der Waals surface area contributed by atoms with Gasteiger partial charge in [0.05, 0.1) is 32.3 Å². The maximum absolute atomic E-state index is 14.9. The first-order valence-electron chi connectivity index (χ1n) is 18.6. The number of hydrogen-bond donors (Lipinski definition) is 1. The fourth-order valence-corrected chi connectivity index (χ4v) is 7.30. The Bertz CT molecular complexity index is 1870. The van der Waals surface area contributed by atoms with Crippen molar-refractivity contribution in [3.05, 3.63) is 94.1 Å². The largest absolute Gasteiger partial charge is 0.497 e. The smallest absolute Gasteiger partial charge is 0.411 e. The van der Waals surface area contributed by atoms with Crippen molar-refractivity contribution in [2.24, 2.45) is 0 Å². The summed E-state index contributed by atoms with van der Waals surface area (Å²) in [5.74, 6) is 2.18. The third-order valence-electron chi connectivity index (χ3n) is 10.7. The van der Waals surface area contributed by atoms with Gasteiger partial charge in [-0.15, -0.1) is 0 Å². The maximum Gasteiger partial charge on any atom is 0.411 e. The van der Waals surface area contributed by atoms with Gasteiger partial charge in [-0.1, -0.05) is 77.3 Å². The number of hydrogen-bond acceptors (Lipinski definition) is 7. The molecule has 1 saturated carbocycles. The van der Waals surface area contributed by atoms with E-state index in [1.807, 2.05) is 29.2 Å². The Labute approximate surface area is 333 Å². The number of nitrogens with one attached hydrogen (secondary N) is 1. The number of methoxy groups -OCH3 is 1. The number of rotatable bonds is 13. The summed E-state index contributed by atoms with van der Waals surface area (Å²) in [6.45, 7) is 11.5. The molecule has 3 aromatic carbocycles. The van der Waals surface area contributed by atoms with Gasteiger partial charge in [0.1, 0.15) is 23.9 Å². The summed E-state index contributed by atoms with van der Waals surface area (Å²) in [4.78, 5) is 32.5. The van der Waals surface area contributed by atoms with Crippen molar-refractivity contribution in [3.63, 3.8) is 0 Å². The number of fused-ring (bicyclic) bond motifs is 2. The summed E-state index contributed by atoms with van der Waals surface area (Å²) >= 11 is 18.7. The van der Waals surface area contributed by atoms with Crippen LogP contribution in [0.3, 0.4) is 0 Å². The van der Waals surface area contributed by atoms with Gasteiger partial charge in [0.25, 0.3) is 5.91 Å². The van der Waals surface area contributed by atoms with Gasteiger partial charge in [0.2, 0.25) is 3.79 Å². The minimum absolute atomic E-state index is 0.0844. The molecule has 0 spiro atoms. The normalized spacial score (nSPS) is 18.6. The van der Waals surface area contributed by atoms with Gasteiger partial charge < -0.3 is 29.2 Å². The lowest BCUT2D eigenvalue weighted by molar-refractivity contribution is -0.129. The highest BCUT2D eigenvalue weighted by Gasteiger charge is 2.50. The number of nitrogens with zero attached hydrogens (tertiary/aromatic N) is 2. The molecule has 2 atom stereocenters. The van der Waals surface area contributed by atoms with Crippen LogP contribution in [-0.2, 0) is 16.0 Å². The second-order valence-corrected chi connectivity index (χ2v) is 17.2. The zero-order valence-electron chi connectivity index (χ0n) is 31.8. The lowest BCUT2D eigenvalue weighted by atomic mass is 9.81. The topological polar surface area (TPSA) is 89.6 Å². The molecule has 0 radical (unpaired) electrons. The highest BCUT2D eigenvalue weighted by molar-refractivity contribution is 6.68. The molecule has 290 valence electrons. The lowest BCUT2D eigenvalue weighted by Gasteiger charge is -2.48. The monoisotopic (exact) mass is 797 g/mol. The summed E-state index contributed by atoms with van der Waals surface area (Å²) in [6.07, 6.45) is 2.36. The molecule has 9 nitrogen and oxygen atoms in total. The number of piperazine rings is 1. The molecule has 54 heavy (non-hydrogen) atoms. The predicted molar refractivity (Wildman–Crippen MR) is 214 cm³/mol. The summed E-state index contributed by atoms with van der Waals surface area (Å²) < 4.78 is 21.7. The van der Waals surface area contributed by atoms with Crippen molar-refractivity contribution in [2.75, 3.05) is 40.0 Å². The van der Waals surface area contributed by atoms with Crippen molar-refractivity contribution in [1.82, 2.24) is 15.1 Å². The maximum atomic E-state index is 14.9. The number of ether oxygens (including phenoxy) is 4. The van der Waals surface area contributed by atoms with Crippen molar-refractivity contribution >= 4 is 52.4 Å². The highest BCUT2D eigenvalue weighted by atomic mass is 35.6. The molecule has 2 heterocycles. The number of amides is 2. The zero-order chi connectivity index (χ0) is 38.8. The Morgan fingerprint density at radius 1 is 0.907 bits per heavy atom. The van der Waals surface area contributed by atoms with Crippen LogP contribution >= 0.6 is 34.8 Å². The van der Waals surface area contributed by atoms with Gasteiger partial charge >= 0.3 is 6.09 Å². The van der Waals surface area contributed by atoms with Crippen LogP contribution in [0.5, 0.6) is 17.2 Å². The molecule has 3 aromatic rings. The molecule has 2 bridgehead atoms. The second-order valence-electron chi connectivity index (χ2n) is 14.9. The zero-order valence-corrected chi connectivity index (χ0v) is 34.1. The summed E-state index contributed by atoms with van der Waals surface area (Å²) in [7, 11) is 1.61. The molecule has 2 aliphatic heterocycles. The fourth-order valence-electron chi connectivity index (χ4n) is 7.18. The number of carbonyl (C=O) groups is 2. The Kier molecular flexibility index (Phi) is 12.3. The van der Waals surface area contributed by atoms with Gasteiger partial charge in [0.15, 0.2) is 5.60 Å². The number of benzene rings is 3. The van der Waals surface area contributed by atoms with E-state index in [9.17, 15) is 9.59 Å². The van der Waals surface area contributed by atoms with E-state index in [0.717, 1.165) is 52.8 Å². The van der Waals surface area contributed by atoms with Gasteiger partial charge in [-0.25, -0.2) is 4.79 Å². The molecule has 1 saturated heterocycles. The first-order chi connectivity index (χ1) is 25.7. The molecule has 2 amide bonds. The first kappa shape index (κ1) is 40.0. The Balaban J connectivity index is 1.28. The lowest BCUT2D eigenvalue weighted by Crippen LogP contribution is -2.64. The van der Waals surface area contributed by atoms with E-state index in [-0.39, 0.29) is 18.0 Å². The van der Waals surface area contributed by atoms with E-state index < -0.39 is 21.5 Å². The fraction of sp³-hybridized carbons (Fsp3) is 0.476. The number of aryl methyl sites for hydroxylation is 2. The van der Waals surface area contributed by atoms with Crippen LogP contribution < -0.4 is 19.5 Å². The highest BCUT2D eigenvalue weighted by Crippen LogP contribution is 2.43. The van der Waals surface area contributed by atoms with E-state index in [1.165, 1.54) is 5.56 Å². The summed E-state index contributed by atoms with van der Waals surface area (Å²) in [5.41, 5.74) is 5.63. The van der Waals surface area contributed by atoms with E-state index in [1.54, 1.807) is 25.9 Å². The number of alkyl halides is 3. The van der Waals surface area contributed by atoms with Gasteiger partial charge in [0, 0.05) is 37.2 Å². The Hall–Kier alpha value is -3.63. The predicted octanol–water partition coefficient (Wildman–Crippen LogP) is 8.40. The Morgan fingerprint density at radius 2 is 1.61 bits per heavy atom. The van der Waals surface area contributed by atoms with Crippen LogP contribution in [0.1, 0.15) is 60.9 Å². The molecule has 1 aliphatic carbocycles. The average Bonchev–Trinajstić information content (AvgIpc) is 3.98. The molecule has 3 aliphatic rings. The molecule has 0 aromatic heterocycles. The van der Waals surface area contributed by atoms with Crippen LogP contribution in [0, 0.1) is 20.8 Å². The van der Waals surface area contributed by atoms with Crippen LogP contribution in [0.2, 0.25) is 0 Å². The van der Waals surface area contributed by atoms with E-state index >= 15 is 0 Å². The van der Waals surface area contributed by atoms with Crippen LogP contribution in [0.15, 0.2) is 66.2 Å². The summed E-state index contributed by atoms with van der Waals surface area (Å²) in [6, 6.07) is 19.2. The van der Waals surface area contributed by atoms with Crippen LogP contribution in [0.4, 0.5) is 4.79 Å². The molecule has 6 rings (SSSR count). The van der Waals surface area contributed by atoms with Crippen molar-refractivity contribution < 1.29 is 28.5 Å². The van der Waals surface area contributed by atoms with Gasteiger partial charge in [-0.3, -0.25) is 9.69 Å². The minimum atomic E-state index is -1.86. The molecule has 2 fully saturated rings. The van der Waals surface area contributed by atoms with Gasteiger partial charge in [-0.2, -0.15) is 0 Å². The first-order valence-corrected chi connectivity index (χ1v) is 19.7. The SMILES string of the molecule is COc1cccc(OCCN(C(=O)C2=C(c3ccc(CCOc4c(C)ccc(C)c4C)cc3)CC3CNC[C@H]2N3C(=O)OC(C)(C)C(Cl)(Cl)Cl)C2CC2)c1. The molecular formula is C42H50Cl3N3O6. The van der Waals surface area contributed by atoms with Crippen molar-refractivity contribution in [3.8, 4) is 17.2 Å². The molecule has 1 N–H and O–H groups in total. The molecular weight excluding hydrogens is 749 g/mol. The third-order valence-corrected chi connectivity index (χ3v) is 12.1. The van der Waals surface area contributed by atoms with Crippen molar-refractivity contribution in [2.45, 2.75) is 87.8 Å². The molecule has 12 heteroatoms. The number of halogens is 3. The minimum Gasteiger partial charge on any atom is -0.497 e. The van der Waals surface area contributed by atoms with Gasteiger partial charge in [-0.05, 0) is 99.4 Å². The Morgan fingerprint density at radius 3 is 2.30 bits per heavy atom. The quantitative estimate of drug-likeness (QED) is 0.174.